The van der Waals surface area contributed by atoms with Gasteiger partial charge in [-0.3, -0.25) is 4.99 Å². The molecule has 13 heavy (non-hydrogen) atoms. The first kappa shape index (κ1) is 11.9. The van der Waals surface area contributed by atoms with Crippen molar-refractivity contribution in [3.05, 3.63) is 24.0 Å². The van der Waals surface area contributed by atoms with Crippen LogP contribution >= 0.6 is 0 Å². The third-order valence-electron chi connectivity index (χ3n) is 1.87. The molecular weight excluding hydrogens is 160 g/mol. The fourth-order valence-electron chi connectivity index (χ4n) is 0.996. The summed E-state index contributed by atoms with van der Waals surface area (Å²) in [5.74, 6) is 0. The van der Waals surface area contributed by atoms with Gasteiger partial charge >= 0.3 is 0 Å². The SMILES string of the molecule is C/C=C\N=C(/C)CC/C(=C\C)NC. The van der Waals surface area contributed by atoms with Crippen molar-refractivity contribution in [2.24, 2.45) is 4.99 Å². The molecule has 2 nitrogen and oxygen atoms in total. The zero-order valence-electron chi connectivity index (χ0n) is 9.09. The molecule has 0 aromatic carbocycles. The van der Waals surface area contributed by atoms with Crippen molar-refractivity contribution in [3.8, 4) is 0 Å². The minimum atomic E-state index is 1.02. The standard InChI is InChI=1S/C11H20N2/c1-5-9-13-10(3)7-8-11(6-2)12-4/h5-6,9,12H,7-8H2,1-4H3/b9-5-,11-6+,13-10+. The van der Waals surface area contributed by atoms with Gasteiger partial charge in [0.1, 0.15) is 0 Å². The fraction of sp³-hybridized carbons (Fsp3) is 0.545. The molecule has 1 N–H and O–H groups in total. The molecule has 0 aliphatic carbocycles. The Bertz CT molecular complexity index is 212. The van der Waals surface area contributed by atoms with E-state index in [0.29, 0.717) is 0 Å². The number of nitrogens with one attached hydrogen (secondary N) is 1. The molecule has 74 valence electrons. The van der Waals surface area contributed by atoms with Crippen molar-refractivity contribution in [1.82, 2.24) is 5.32 Å². The molecule has 0 saturated heterocycles. The van der Waals surface area contributed by atoms with Gasteiger partial charge in [-0.05, 0) is 33.6 Å². The monoisotopic (exact) mass is 180 g/mol. The Morgan fingerprint density at radius 1 is 1.31 bits per heavy atom. The Balaban J connectivity index is 3.88. The van der Waals surface area contributed by atoms with E-state index in [0.717, 1.165) is 12.8 Å². The van der Waals surface area contributed by atoms with Gasteiger partial charge in [0.2, 0.25) is 0 Å². The van der Waals surface area contributed by atoms with Gasteiger partial charge < -0.3 is 5.32 Å². The smallest absolute Gasteiger partial charge is 0.0224 e. The van der Waals surface area contributed by atoms with Crippen LogP contribution in [0, 0.1) is 0 Å². The number of aliphatic imine (C=N–C) groups is 1. The molecule has 0 saturated carbocycles. The summed E-state index contributed by atoms with van der Waals surface area (Å²) in [6, 6.07) is 0. The van der Waals surface area contributed by atoms with E-state index in [4.69, 9.17) is 0 Å². The molecule has 0 bridgehead atoms. The van der Waals surface area contributed by atoms with Crippen molar-refractivity contribution in [3.63, 3.8) is 0 Å². The molecule has 0 heterocycles. The summed E-state index contributed by atoms with van der Waals surface area (Å²) >= 11 is 0. The van der Waals surface area contributed by atoms with Crippen LogP contribution in [0.2, 0.25) is 0 Å². The van der Waals surface area contributed by atoms with Gasteiger partial charge in [-0.1, -0.05) is 12.2 Å². The van der Waals surface area contributed by atoms with E-state index in [1.54, 1.807) is 0 Å². The zero-order chi connectivity index (χ0) is 10.1. The molecule has 0 aliphatic rings. The number of nitrogens with zero attached hydrogens (tertiary/aromatic N) is 1. The highest BCUT2D eigenvalue weighted by Gasteiger charge is 1.94. The number of hydrogen-bond donors (Lipinski definition) is 1. The van der Waals surface area contributed by atoms with Gasteiger partial charge in [-0.2, -0.15) is 0 Å². The van der Waals surface area contributed by atoms with Crippen LogP contribution in [-0.4, -0.2) is 12.8 Å². The minimum Gasteiger partial charge on any atom is -0.392 e. The lowest BCUT2D eigenvalue weighted by molar-refractivity contribution is 0.862. The predicted octanol–water partition coefficient (Wildman–Crippen LogP) is 2.88. The van der Waals surface area contributed by atoms with Crippen LogP contribution in [0.25, 0.3) is 0 Å². The lowest BCUT2D eigenvalue weighted by Gasteiger charge is -2.04. The summed E-state index contributed by atoms with van der Waals surface area (Å²) in [4.78, 5) is 4.26. The van der Waals surface area contributed by atoms with Gasteiger partial charge in [-0.25, -0.2) is 0 Å². The van der Waals surface area contributed by atoms with E-state index >= 15 is 0 Å². The molecule has 0 aromatic heterocycles. The lowest BCUT2D eigenvalue weighted by Crippen LogP contribution is -2.06. The van der Waals surface area contributed by atoms with Crippen LogP contribution < -0.4 is 5.32 Å². The largest absolute Gasteiger partial charge is 0.392 e. The first-order valence-corrected chi connectivity index (χ1v) is 4.72. The zero-order valence-corrected chi connectivity index (χ0v) is 9.09. The predicted molar refractivity (Wildman–Crippen MR) is 60.0 cm³/mol. The Hall–Kier alpha value is -1.05. The Morgan fingerprint density at radius 2 is 2.00 bits per heavy atom. The minimum absolute atomic E-state index is 1.02. The maximum Gasteiger partial charge on any atom is 0.0224 e. The van der Waals surface area contributed by atoms with E-state index in [-0.39, 0.29) is 0 Å². The molecule has 0 aliphatic heterocycles. The van der Waals surface area contributed by atoms with Crippen molar-refractivity contribution in [2.75, 3.05) is 7.05 Å². The van der Waals surface area contributed by atoms with Gasteiger partial charge in [0.25, 0.3) is 0 Å². The first-order chi connectivity index (χ1) is 6.24. The third kappa shape index (κ3) is 6.14. The quantitative estimate of drug-likeness (QED) is 0.646. The Kier molecular flexibility index (Phi) is 6.98. The van der Waals surface area contributed by atoms with E-state index in [1.165, 1.54) is 11.4 Å². The van der Waals surface area contributed by atoms with Crippen LogP contribution in [0.4, 0.5) is 0 Å². The Morgan fingerprint density at radius 3 is 2.46 bits per heavy atom. The van der Waals surface area contributed by atoms with Crippen molar-refractivity contribution in [1.29, 1.82) is 0 Å². The number of rotatable bonds is 5. The molecular formula is C11H20N2. The lowest BCUT2D eigenvalue weighted by atomic mass is 10.2. The third-order valence-corrected chi connectivity index (χ3v) is 1.87. The van der Waals surface area contributed by atoms with Crippen LogP contribution in [-0.2, 0) is 0 Å². The highest BCUT2D eigenvalue weighted by molar-refractivity contribution is 5.82. The molecule has 2 heteroatoms. The molecule has 0 spiro atoms. The van der Waals surface area contributed by atoms with E-state index < -0.39 is 0 Å². The molecule has 0 aromatic rings. The summed E-state index contributed by atoms with van der Waals surface area (Å²) in [5, 5.41) is 3.15. The maximum atomic E-state index is 4.26. The second-order valence-electron chi connectivity index (χ2n) is 2.91. The fourth-order valence-corrected chi connectivity index (χ4v) is 0.996. The van der Waals surface area contributed by atoms with Crippen LogP contribution in [0.1, 0.15) is 33.6 Å². The van der Waals surface area contributed by atoms with Gasteiger partial charge in [0.05, 0.1) is 0 Å². The Labute approximate surface area is 81.5 Å². The molecule has 0 rings (SSSR count). The normalized spacial score (nSPS) is 13.8. The average molecular weight is 180 g/mol. The molecule has 0 radical (unpaired) electrons. The van der Waals surface area contributed by atoms with E-state index in [1.807, 2.05) is 33.2 Å². The molecule has 0 amide bonds. The van der Waals surface area contributed by atoms with Crippen LogP contribution in [0.15, 0.2) is 29.0 Å². The summed E-state index contributed by atoms with van der Waals surface area (Å²) in [6.07, 6.45) is 7.94. The summed E-state index contributed by atoms with van der Waals surface area (Å²) in [6.45, 7) is 6.08. The van der Waals surface area contributed by atoms with Crippen molar-refractivity contribution in [2.45, 2.75) is 33.6 Å². The summed E-state index contributed by atoms with van der Waals surface area (Å²) < 4.78 is 0. The van der Waals surface area contributed by atoms with E-state index in [9.17, 15) is 0 Å². The average Bonchev–Trinajstić information content (AvgIpc) is 2.16. The molecule has 0 unspecified atom stereocenters. The van der Waals surface area contributed by atoms with Crippen LogP contribution in [0.5, 0.6) is 0 Å². The first-order valence-electron chi connectivity index (χ1n) is 4.72. The van der Waals surface area contributed by atoms with Crippen molar-refractivity contribution < 1.29 is 0 Å². The topological polar surface area (TPSA) is 24.4 Å². The van der Waals surface area contributed by atoms with Gasteiger partial charge in [-0.15, -0.1) is 0 Å². The van der Waals surface area contributed by atoms with Crippen molar-refractivity contribution >= 4 is 5.71 Å². The second kappa shape index (κ2) is 7.59. The summed E-state index contributed by atoms with van der Waals surface area (Å²) in [7, 11) is 1.95. The summed E-state index contributed by atoms with van der Waals surface area (Å²) in [5.41, 5.74) is 2.45. The molecule has 0 fully saturated rings. The van der Waals surface area contributed by atoms with Crippen LogP contribution in [0.3, 0.4) is 0 Å². The number of hydrogen-bond acceptors (Lipinski definition) is 2. The highest BCUT2D eigenvalue weighted by atomic mass is 14.8. The van der Waals surface area contributed by atoms with E-state index in [2.05, 4.69) is 23.3 Å². The molecule has 0 atom stereocenters. The van der Waals surface area contributed by atoms with Gasteiger partial charge in [0, 0.05) is 24.7 Å². The maximum absolute atomic E-state index is 4.26. The second-order valence-corrected chi connectivity index (χ2v) is 2.91. The highest BCUT2D eigenvalue weighted by Crippen LogP contribution is 2.02. The van der Waals surface area contributed by atoms with Gasteiger partial charge in [0.15, 0.2) is 0 Å². The number of allylic oxidation sites excluding steroid dienone is 3.